The second kappa shape index (κ2) is 6.43. The second-order valence-corrected chi connectivity index (χ2v) is 5.28. The van der Waals surface area contributed by atoms with Gasteiger partial charge in [0.25, 0.3) is 0 Å². The third kappa shape index (κ3) is 3.07. The first-order valence-electron chi connectivity index (χ1n) is 7.05. The van der Waals surface area contributed by atoms with E-state index in [4.69, 9.17) is 0 Å². The molecule has 0 fully saturated rings. The van der Waals surface area contributed by atoms with E-state index in [0.29, 0.717) is 6.54 Å². The lowest BCUT2D eigenvalue weighted by atomic mass is 9.90. The average molecular weight is 279 g/mol. The summed E-state index contributed by atoms with van der Waals surface area (Å²) in [5.41, 5.74) is 2.60. The van der Waals surface area contributed by atoms with Crippen LogP contribution in [0.2, 0.25) is 0 Å². The molecular weight excluding hydrogens is 258 g/mol. The molecule has 2 rings (SSSR count). The topological polar surface area (TPSA) is 39.1 Å². The van der Waals surface area contributed by atoms with Crippen molar-refractivity contribution >= 4 is 5.69 Å². The molecule has 3 heteroatoms. The first kappa shape index (κ1) is 15.1. The molecule has 0 heterocycles. The van der Waals surface area contributed by atoms with Gasteiger partial charge in [0.1, 0.15) is 5.54 Å². The van der Waals surface area contributed by atoms with Gasteiger partial charge in [-0.1, -0.05) is 48.5 Å². The molecule has 0 aliphatic rings. The second-order valence-electron chi connectivity index (χ2n) is 5.28. The lowest BCUT2D eigenvalue weighted by molar-refractivity contribution is 0.470. The van der Waals surface area contributed by atoms with E-state index in [1.54, 1.807) is 0 Å². The number of nitriles is 1. The zero-order valence-corrected chi connectivity index (χ0v) is 12.8. The number of hydrogen-bond acceptors (Lipinski definition) is 3. The predicted molar refractivity (Wildman–Crippen MR) is 87.2 cm³/mol. The molecule has 2 aromatic rings. The Hall–Kier alpha value is -2.31. The van der Waals surface area contributed by atoms with E-state index in [1.807, 2.05) is 56.6 Å². The number of nitrogens with one attached hydrogen (secondary N) is 1. The number of para-hydroxylation sites is 1. The molecule has 0 saturated heterocycles. The lowest BCUT2D eigenvalue weighted by Gasteiger charge is -2.33. The van der Waals surface area contributed by atoms with Gasteiger partial charge in [0, 0.05) is 12.7 Å². The molecule has 108 valence electrons. The Bertz CT molecular complexity index is 630. The van der Waals surface area contributed by atoms with Crippen molar-refractivity contribution in [2.75, 3.05) is 25.5 Å². The summed E-state index contributed by atoms with van der Waals surface area (Å²) < 4.78 is 0. The van der Waals surface area contributed by atoms with Crippen molar-refractivity contribution in [3.05, 3.63) is 65.7 Å². The quantitative estimate of drug-likeness (QED) is 0.914. The van der Waals surface area contributed by atoms with E-state index in [0.717, 1.165) is 11.3 Å². The van der Waals surface area contributed by atoms with Gasteiger partial charge in [0.05, 0.1) is 12.6 Å². The summed E-state index contributed by atoms with van der Waals surface area (Å²) in [7, 11) is 3.86. The molecule has 0 aromatic heterocycles. The monoisotopic (exact) mass is 279 g/mol. The van der Waals surface area contributed by atoms with Crippen LogP contribution in [0.5, 0.6) is 0 Å². The highest BCUT2D eigenvalue weighted by atomic mass is 15.1. The van der Waals surface area contributed by atoms with Crippen molar-refractivity contribution in [3.63, 3.8) is 0 Å². The van der Waals surface area contributed by atoms with Crippen molar-refractivity contribution < 1.29 is 0 Å². The number of aryl methyl sites for hydroxylation is 1. The van der Waals surface area contributed by atoms with Crippen LogP contribution >= 0.6 is 0 Å². The van der Waals surface area contributed by atoms with Crippen LogP contribution in [0.1, 0.15) is 11.1 Å². The van der Waals surface area contributed by atoms with Gasteiger partial charge in [-0.25, -0.2) is 0 Å². The summed E-state index contributed by atoms with van der Waals surface area (Å²) in [6.07, 6.45) is 0. The molecule has 2 aromatic carbocycles. The van der Waals surface area contributed by atoms with Gasteiger partial charge in [-0.05, 0) is 31.2 Å². The maximum atomic E-state index is 9.76. The van der Waals surface area contributed by atoms with Crippen LogP contribution in [0.3, 0.4) is 0 Å². The summed E-state index contributed by atoms with van der Waals surface area (Å²) in [6.45, 7) is 2.66. The van der Waals surface area contributed by atoms with Gasteiger partial charge in [-0.3, -0.25) is 5.32 Å². The Kier molecular flexibility index (Phi) is 4.62. The Morgan fingerprint density at radius 3 is 2.29 bits per heavy atom. The van der Waals surface area contributed by atoms with E-state index in [9.17, 15) is 5.26 Å². The van der Waals surface area contributed by atoms with Crippen LogP contribution < -0.4 is 10.2 Å². The number of benzene rings is 2. The molecule has 0 amide bonds. The highest BCUT2D eigenvalue weighted by Crippen LogP contribution is 2.25. The Morgan fingerprint density at radius 1 is 1.10 bits per heavy atom. The van der Waals surface area contributed by atoms with Crippen LogP contribution in [0.15, 0.2) is 54.6 Å². The van der Waals surface area contributed by atoms with Crippen LogP contribution in [0.4, 0.5) is 5.69 Å². The van der Waals surface area contributed by atoms with Crippen LogP contribution in [-0.4, -0.2) is 20.6 Å². The maximum absolute atomic E-state index is 9.76. The maximum Gasteiger partial charge on any atom is 0.149 e. The third-order valence-corrected chi connectivity index (χ3v) is 3.89. The number of rotatable bonds is 5. The summed E-state index contributed by atoms with van der Waals surface area (Å²) in [5.74, 6) is 0. The standard InChI is InChI=1S/C18H21N3/c1-15-9-7-8-12-17(15)21(3)14-18(13-19,20-2)16-10-5-4-6-11-16/h4-12,20H,14H2,1-3H3. The minimum absolute atomic E-state index is 0.578. The van der Waals surface area contributed by atoms with Crippen molar-refractivity contribution in [2.45, 2.75) is 12.5 Å². The van der Waals surface area contributed by atoms with Crippen LogP contribution in [0.25, 0.3) is 0 Å². The fraction of sp³-hybridized carbons (Fsp3) is 0.278. The first-order chi connectivity index (χ1) is 10.1. The summed E-state index contributed by atoms with van der Waals surface area (Å²) in [6, 6.07) is 20.5. The molecular formula is C18H21N3. The van der Waals surface area contributed by atoms with E-state index >= 15 is 0 Å². The summed E-state index contributed by atoms with van der Waals surface area (Å²) in [5, 5.41) is 13.0. The number of anilines is 1. The molecule has 0 radical (unpaired) electrons. The first-order valence-corrected chi connectivity index (χ1v) is 7.05. The van der Waals surface area contributed by atoms with Crippen molar-refractivity contribution in [1.29, 1.82) is 5.26 Å². The fourth-order valence-corrected chi connectivity index (χ4v) is 2.63. The van der Waals surface area contributed by atoms with E-state index in [-0.39, 0.29) is 0 Å². The SMILES string of the molecule is CNC(C#N)(CN(C)c1ccccc1C)c1ccccc1. The number of likely N-dealkylation sites (N-methyl/N-ethyl adjacent to an activating group) is 2. The zero-order chi connectivity index (χ0) is 15.3. The highest BCUT2D eigenvalue weighted by molar-refractivity contribution is 5.53. The van der Waals surface area contributed by atoms with Crippen LogP contribution in [-0.2, 0) is 5.54 Å². The lowest BCUT2D eigenvalue weighted by Crippen LogP contribution is -2.48. The van der Waals surface area contributed by atoms with Crippen molar-refractivity contribution in [3.8, 4) is 6.07 Å². The third-order valence-electron chi connectivity index (χ3n) is 3.89. The van der Waals surface area contributed by atoms with Gasteiger partial charge >= 0.3 is 0 Å². The smallest absolute Gasteiger partial charge is 0.149 e. The molecule has 0 aliphatic carbocycles. The largest absolute Gasteiger partial charge is 0.371 e. The molecule has 0 saturated carbocycles. The summed E-state index contributed by atoms with van der Waals surface area (Å²) in [4.78, 5) is 2.13. The molecule has 1 atom stereocenters. The zero-order valence-electron chi connectivity index (χ0n) is 12.8. The Morgan fingerprint density at radius 2 is 1.71 bits per heavy atom. The Labute approximate surface area is 126 Å². The molecule has 0 bridgehead atoms. The van der Waals surface area contributed by atoms with E-state index < -0.39 is 5.54 Å². The molecule has 1 N–H and O–H groups in total. The number of nitrogens with zero attached hydrogens (tertiary/aromatic N) is 2. The highest BCUT2D eigenvalue weighted by Gasteiger charge is 2.32. The van der Waals surface area contributed by atoms with Gasteiger partial charge in [-0.2, -0.15) is 5.26 Å². The molecule has 21 heavy (non-hydrogen) atoms. The number of hydrogen-bond donors (Lipinski definition) is 1. The minimum atomic E-state index is -0.724. The normalized spacial score (nSPS) is 13.2. The van der Waals surface area contributed by atoms with E-state index in [1.165, 1.54) is 5.56 Å². The minimum Gasteiger partial charge on any atom is -0.371 e. The van der Waals surface area contributed by atoms with Crippen LogP contribution in [0, 0.1) is 18.3 Å². The molecule has 3 nitrogen and oxygen atoms in total. The fourth-order valence-electron chi connectivity index (χ4n) is 2.63. The molecule has 0 aliphatic heterocycles. The van der Waals surface area contributed by atoms with Gasteiger partial charge < -0.3 is 4.90 Å². The molecule has 0 spiro atoms. The van der Waals surface area contributed by atoms with Gasteiger partial charge in [0.2, 0.25) is 0 Å². The molecule has 1 unspecified atom stereocenters. The van der Waals surface area contributed by atoms with Crippen molar-refractivity contribution in [2.24, 2.45) is 0 Å². The Balaban J connectivity index is 2.34. The predicted octanol–water partition coefficient (Wildman–Crippen LogP) is 3.07. The van der Waals surface area contributed by atoms with E-state index in [2.05, 4.69) is 35.3 Å². The van der Waals surface area contributed by atoms with Crippen molar-refractivity contribution in [1.82, 2.24) is 5.32 Å². The average Bonchev–Trinajstić information content (AvgIpc) is 2.54. The van der Waals surface area contributed by atoms with Gasteiger partial charge in [-0.15, -0.1) is 0 Å². The summed E-state index contributed by atoms with van der Waals surface area (Å²) >= 11 is 0. The van der Waals surface area contributed by atoms with Gasteiger partial charge in [0.15, 0.2) is 0 Å².